The lowest BCUT2D eigenvalue weighted by Gasteiger charge is -2.12. The number of esters is 1. The lowest BCUT2D eigenvalue weighted by atomic mass is 10.2. The summed E-state index contributed by atoms with van der Waals surface area (Å²) in [6, 6.07) is 6.91. The molecule has 0 saturated heterocycles. The summed E-state index contributed by atoms with van der Waals surface area (Å²) in [4.78, 5) is 11.6. The van der Waals surface area contributed by atoms with Gasteiger partial charge in [-0.1, -0.05) is 37.1 Å². The molecule has 0 saturated carbocycles. The van der Waals surface area contributed by atoms with Crippen molar-refractivity contribution in [3.63, 3.8) is 0 Å². The predicted molar refractivity (Wildman–Crippen MR) is 61.2 cm³/mol. The van der Waals surface area contributed by atoms with Gasteiger partial charge in [0.15, 0.2) is 0 Å². The Hall–Kier alpha value is -1.02. The van der Waals surface area contributed by atoms with Gasteiger partial charge in [-0.2, -0.15) is 0 Å². The molecule has 0 aliphatic rings. The summed E-state index contributed by atoms with van der Waals surface area (Å²) in [6.07, 6.45) is 1.81. The van der Waals surface area contributed by atoms with Gasteiger partial charge in [0, 0.05) is 0 Å². The minimum atomic E-state index is -0.346. The molecule has 0 N–H and O–H groups in total. The molecule has 1 rings (SSSR count). The molecule has 1 unspecified atom stereocenters. The first kappa shape index (κ1) is 12.1. The van der Waals surface area contributed by atoms with E-state index in [9.17, 15) is 4.79 Å². The smallest absolute Gasteiger partial charge is 0.339 e. The van der Waals surface area contributed by atoms with Crippen LogP contribution in [0.3, 0.4) is 0 Å². The van der Waals surface area contributed by atoms with E-state index in [-0.39, 0.29) is 12.1 Å². The van der Waals surface area contributed by atoms with Crippen molar-refractivity contribution in [3.8, 4) is 0 Å². The van der Waals surface area contributed by atoms with Crippen LogP contribution in [0.2, 0.25) is 5.02 Å². The van der Waals surface area contributed by atoms with Crippen LogP contribution in [-0.2, 0) is 4.74 Å². The van der Waals surface area contributed by atoms with Crippen LogP contribution < -0.4 is 0 Å². The van der Waals surface area contributed by atoms with Crippen molar-refractivity contribution in [3.05, 3.63) is 34.9 Å². The molecule has 0 radical (unpaired) electrons. The van der Waals surface area contributed by atoms with Crippen LogP contribution in [0.1, 0.15) is 37.0 Å². The van der Waals surface area contributed by atoms with Crippen molar-refractivity contribution in [1.29, 1.82) is 0 Å². The van der Waals surface area contributed by atoms with Gasteiger partial charge in [0.1, 0.15) is 0 Å². The molecule has 0 spiro atoms. The van der Waals surface area contributed by atoms with Crippen LogP contribution in [-0.4, -0.2) is 12.1 Å². The highest BCUT2D eigenvalue weighted by Crippen LogP contribution is 2.17. The average molecular weight is 227 g/mol. The quantitative estimate of drug-likeness (QED) is 0.732. The molecule has 0 aliphatic heterocycles. The van der Waals surface area contributed by atoms with E-state index in [0.717, 1.165) is 12.8 Å². The molecule has 0 aromatic heterocycles. The number of hydrogen-bond acceptors (Lipinski definition) is 2. The number of hydrogen-bond donors (Lipinski definition) is 0. The summed E-state index contributed by atoms with van der Waals surface area (Å²) < 4.78 is 5.23. The van der Waals surface area contributed by atoms with Crippen LogP contribution in [0.25, 0.3) is 0 Å². The maximum Gasteiger partial charge on any atom is 0.339 e. The van der Waals surface area contributed by atoms with Crippen LogP contribution in [0.4, 0.5) is 0 Å². The maximum absolute atomic E-state index is 11.6. The summed E-state index contributed by atoms with van der Waals surface area (Å²) in [5.41, 5.74) is 0.433. The first-order valence-corrected chi connectivity index (χ1v) is 5.48. The van der Waals surface area contributed by atoms with Gasteiger partial charge >= 0.3 is 5.97 Å². The second kappa shape index (κ2) is 5.76. The average Bonchev–Trinajstić information content (AvgIpc) is 2.18. The van der Waals surface area contributed by atoms with Crippen molar-refractivity contribution >= 4 is 17.6 Å². The van der Waals surface area contributed by atoms with Gasteiger partial charge in [-0.05, 0) is 25.5 Å². The largest absolute Gasteiger partial charge is 0.459 e. The van der Waals surface area contributed by atoms with Gasteiger partial charge in [0.25, 0.3) is 0 Å². The Morgan fingerprint density at radius 1 is 1.47 bits per heavy atom. The topological polar surface area (TPSA) is 26.3 Å². The molecule has 82 valence electrons. The Labute approximate surface area is 95.2 Å². The zero-order valence-corrected chi connectivity index (χ0v) is 9.75. The maximum atomic E-state index is 11.6. The molecule has 3 heteroatoms. The lowest BCUT2D eigenvalue weighted by Crippen LogP contribution is -2.15. The molecule has 2 nitrogen and oxygen atoms in total. The Morgan fingerprint density at radius 2 is 2.13 bits per heavy atom. The van der Waals surface area contributed by atoms with Gasteiger partial charge in [-0.3, -0.25) is 0 Å². The fourth-order valence-electron chi connectivity index (χ4n) is 1.34. The van der Waals surface area contributed by atoms with Gasteiger partial charge in [0.2, 0.25) is 0 Å². The second-order valence-corrected chi connectivity index (χ2v) is 3.89. The van der Waals surface area contributed by atoms with E-state index >= 15 is 0 Å². The van der Waals surface area contributed by atoms with Crippen molar-refractivity contribution in [1.82, 2.24) is 0 Å². The third-order valence-corrected chi connectivity index (χ3v) is 2.43. The molecule has 0 bridgehead atoms. The minimum Gasteiger partial charge on any atom is -0.459 e. The fourth-order valence-corrected chi connectivity index (χ4v) is 1.55. The SMILES string of the molecule is CCCC(C)OC(=O)c1ccccc1Cl. The van der Waals surface area contributed by atoms with Crippen molar-refractivity contribution < 1.29 is 9.53 Å². The summed E-state index contributed by atoms with van der Waals surface area (Å²) in [5, 5.41) is 0.436. The van der Waals surface area contributed by atoms with E-state index in [0.29, 0.717) is 10.6 Å². The highest BCUT2D eigenvalue weighted by molar-refractivity contribution is 6.33. The molecule has 0 amide bonds. The first-order valence-electron chi connectivity index (χ1n) is 5.10. The van der Waals surface area contributed by atoms with Gasteiger partial charge in [-0.15, -0.1) is 0 Å². The normalized spacial score (nSPS) is 12.2. The summed E-state index contributed by atoms with van der Waals surface area (Å²) in [7, 11) is 0. The third-order valence-electron chi connectivity index (χ3n) is 2.10. The summed E-state index contributed by atoms with van der Waals surface area (Å²) >= 11 is 5.88. The van der Waals surface area contributed by atoms with Gasteiger partial charge in [0.05, 0.1) is 16.7 Å². The van der Waals surface area contributed by atoms with Gasteiger partial charge in [-0.25, -0.2) is 4.79 Å². The number of rotatable bonds is 4. The lowest BCUT2D eigenvalue weighted by molar-refractivity contribution is 0.0323. The third kappa shape index (κ3) is 3.56. The molecular weight excluding hydrogens is 212 g/mol. The van der Waals surface area contributed by atoms with Crippen LogP contribution >= 0.6 is 11.6 Å². The van der Waals surface area contributed by atoms with Crippen molar-refractivity contribution in [2.45, 2.75) is 32.8 Å². The molecule has 0 aliphatic carbocycles. The number of benzene rings is 1. The summed E-state index contributed by atoms with van der Waals surface area (Å²) in [6.45, 7) is 3.94. The molecule has 1 aromatic carbocycles. The van der Waals surface area contributed by atoms with E-state index in [4.69, 9.17) is 16.3 Å². The Bertz CT molecular complexity index is 336. The van der Waals surface area contributed by atoms with E-state index < -0.39 is 0 Å². The fraction of sp³-hybridized carbons (Fsp3) is 0.417. The molecule has 1 atom stereocenters. The van der Waals surface area contributed by atoms with E-state index in [1.807, 2.05) is 6.92 Å². The predicted octanol–water partition coefficient (Wildman–Crippen LogP) is 3.69. The monoisotopic (exact) mass is 226 g/mol. The zero-order chi connectivity index (χ0) is 11.3. The van der Waals surface area contributed by atoms with Crippen LogP contribution in [0, 0.1) is 0 Å². The molecule has 0 fully saturated rings. The van der Waals surface area contributed by atoms with E-state index in [1.54, 1.807) is 24.3 Å². The van der Waals surface area contributed by atoms with Crippen LogP contribution in [0.15, 0.2) is 24.3 Å². The Balaban J connectivity index is 2.65. The molecule has 1 aromatic rings. The highest BCUT2D eigenvalue weighted by Gasteiger charge is 2.13. The number of halogens is 1. The standard InChI is InChI=1S/C12H15ClO2/c1-3-6-9(2)15-12(14)10-7-4-5-8-11(10)13/h4-5,7-9H,3,6H2,1-2H3. The Morgan fingerprint density at radius 3 is 2.73 bits per heavy atom. The van der Waals surface area contributed by atoms with E-state index in [2.05, 4.69) is 6.92 Å². The number of carbonyl (C=O) groups excluding carboxylic acids is 1. The van der Waals surface area contributed by atoms with E-state index in [1.165, 1.54) is 0 Å². The molecule has 15 heavy (non-hydrogen) atoms. The number of ether oxygens (including phenoxy) is 1. The summed E-state index contributed by atoms with van der Waals surface area (Å²) in [5.74, 6) is -0.346. The minimum absolute atomic E-state index is 0.0567. The van der Waals surface area contributed by atoms with Crippen molar-refractivity contribution in [2.24, 2.45) is 0 Å². The molecular formula is C12H15ClO2. The second-order valence-electron chi connectivity index (χ2n) is 3.48. The Kier molecular flexibility index (Phi) is 4.63. The first-order chi connectivity index (χ1) is 7.15. The van der Waals surface area contributed by atoms with Crippen LogP contribution in [0.5, 0.6) is 0 Å². The highest BCUT2D eigenvalue weighted by atomic mass is 35.5. The zero-order valence-electron chi connectivity index (χ0n) is 9.00. The molecule has 0 heterocycles. The number of carbonyl (C=O) groups is 1. The van der Waals surface area contributed by atoms with Crippen molar-refractivity contribution in [2.75, 3.05) is 0 Å². The van der Waals surface area contributed by atoms with Gasteiger partial charge < -0.3 is 4.74 Å².